The van der Waals surface area contributed by atoms with Crippen molar-refractivity contribution in [1.29, 1.82) is 0 Å². The Morgan fingerprint density at radius 2 is 2.16 bits per heavy atom. The second kappa shape index (κ2) is 4.71. The van der Waals surface area contributed by atoms with Gasteiger partial charge in [0.05, 0.1) is 10.5 Å². The second-order valence-electron chi connectivity index (χ2n) is 3.88. The lowest BCUT2D eigenvalue weighted by Gasteiger charge is -2.07. The van der Waals surface area contributed by atoms with Crippen molar-refractivity contribution in [2.24, 2.45) is 0 Å². The molecule has 0 fully saturated rings. The molecular weight excluding hydrogens is 287 g/mol. The van der Waals surface area contributed by atoms with Gasteiger partial charge in [-0.1, -0.05) is 11.6 Å². The number of fused-ring (bicyclic) bond motifs is 1. The van der Waals surface area contributed by atoms with Crippen LogP contribution in [0.25, 0.3) is 10.3 Å². The molecule has 2 heterocycles. The van der Waals surface area contributed by atoms with Gasteiger partial charge in [-0.2, -0.15) is 0 Å². The maximum absolute atomic E-state index is 13.1. The fourth-order valence-electron chi connectivity index (χ4n) is 1.67. The smallest absolute Gasteiger partial charge is 0.161 e. The number of halogens is 2. The maximum atomic E-state index is 13.1. The van der Waals surface area contributed by atoms with Crippen molar-refractivity contribution in [1.82, 2.24) is 15.0 Å². The summed E-state index contributed by atoms with van der Waals surface area (Å²) in [5.74, 6) is 0.781. The second-order valence-corrected chi connectivity index (χ2v) is 5.12. The lowest BCUT2D eigenvalue weighted by atomic mass is 10.3. The number of thiazole rings is 1. The summed E-state index contributed by atoms with van der Waals surface area (Å²) in [7, 11) is 0. The Balaban J connectivity index is 2.04. The molecule has 0 atom stereocenters. The van der Waals surface area contributed by atoms with Gasteiger partial charge in [0.1, 0.15) is 22.0 Å². The number of nitrogens with zero attached hydrogens (tertiary/aromatic N) is 3. The average Bonchev–Trinajstić information content (AvgIpc) is 2.82. The number of aromatic nitrogens is 3. The summed E-state index contributed by atoms with van der Waals surface area (Å²) in [6.45, 7) is 1.81. The van der Waals surface area contributed by atoms with Gasteiger partial charge >= 0.3 is 0 Å². The predicted molar refractivity (Wildman–Crippen MR) is 74.6 cm³/mol. The van der Waals surface area contributed by atoms with E-state index < -0.39 is 5.82 Å². The minimum atomic E-state index is -0.454. The minimum absolute atomic E-state index is 0.0605. The largest absolute Gasteiger partial charge is 0.338 e. The van der Waals surface area contributed by atoms with Crippen LogP contribution < -0.4 is 5.32 Å². The lowest BCUT2D eigenvalue weighted by Crippen LogP contribution is -1.98. The molecule has 0 radical (unpaired) electrons. The van der Waals surface area contributed by atoms with Crippen molar-refractivity contribution in [2.45, 2.75) is 6.92 Å². The van der Waals surface area contributed by atoms with Crippen molar-refractivity contribution in [3.8, 4) is 0 Å². The Kier molecular flexibility index (Phi) is 3.04. The lowest BCUT2D eigenvalue weighted by molar-refractivity contribution is 0.628. The third kappa shape index (κ3) is 2.36. The van der Waals surface area contributed by atoms with Crippen molar-refractivity contribution in [3.63, 3.8) is 0 Å². The molecule has 0 saturated heterocycles. The summed E-state index contributed by atoms with van der Waals surface area (Å²) >= 11 is 7.19. The molecule has 7 heteroatoms. The van der Waals surface area contributed by atoms with E-state index in [-0.39, 0.29) is 5.02 Å². The molecule has 4 nitrogen and oxygen atoms in total. The van der Waals surface area contributed by atoms with Crippen LogP contribution in [0.1, 0.15) is 5.82 Å². The number of hydrogen-bond acceptors (Lipinski definition) is 5. The number of nitrogens with one attached hydrogen (secondary N) is 1. The van der Waals surface area contributed by atoms with Gasteiger partial charge in [0.25, 0.3) is 0 Å². The van der Waals surface area contributed by atoms with E-state index in [1.807, 2.05) is 6.92 Å². The molecule has 0 aliphatic carbocycles. The molecule has 3 aromatic rings. The first-order valence-electron chi connectivity index (χ1n) is 5.43. The molecule has 0 saturated carbocycles. The van der Waals surface area contributed by atoms with E-state index in [1.165, 1.54) is 23.5 Å². The van der Waals surface area contributed by atoms with Crippen LogP contribution in [0.2, 0.25) is 5.02 Å². The molecular formula is C12H8ClFN4S. The van der Waals surface area contributed by atoms with Gasteiger partial charge in [-0.15, -0.1) is 11.3 Å². The highest BCUT2D eigenvalue weighted by atomic mass is 35.5. The summed E-state index contributed by atoms with van der Waals surface area (Å²) in [6.07, 6.45) is 0. The summed E-state index contributed by atoms with van der Waals surface area (Å²) in [5, 5.41) is 3.14. The van der Waals surface area contributed by atoms with Crippen LogP contribution >= 0.6 is 22.9 Å². The zero-order valence-corrected chi connectivity index (χ0v) is 11.4. The monoisotopic (exact) mass is 294 g/mol. The van der Waals surface area contributed by atoms with Gasteiger partial charge in [0.2, 0.25) is 0 Å². The Bertz CT molecular complexity index is 759. The predicted octanol–water partition coefficient (Wildman–Crippen LogP) is 3.93. The SMILES string of the molecule is Cc1nc(Nc2ccc(F)c(Cl)c2)c2ncsc2n1. The zero-order chi connectivity index (χ0) is 13.4. The highest BCUT2D eigenvalue weighted by Gasteiger charge is 2.09. The molecule has 3 rings (SSSR count). The summed E-state index contributed by atoms with van der Waals surface area (Å²) in [4.78, 5) is 13.6. The van der Waals surface area contributed by atoms with Crippen LogP contribution in [0.5, 0.6) is 0 Å². The van der Waals surface area contributed by atoms with E-state index in [0.717, 1.165) is 4.83 Å². The van der Waals surface area contributed by atoms with Crippen LogP contribution in [0, 0.1) is 12.7 Å². The highest BCUT2D eigenvalue weighted by molar-refractivity contribution is 7.16. The molecule has 0 aliphatic rings. The van der Waals surface area contributed by atoms with Crippen molar-refractivity contribution in [2.75, 3.05) is 5.32 Å². The average molecular weight is 295 g/mol. The van der Waals surface area contributed by atoms with E-state index in [4.69, 9.17) is 11.6 Å². The fraction of sp³-hybridized carbons (Fsp3) is 0.0833. The normalized spacial score (nSPS) is 10.9. The number of rotatable bonds is 2. The molecule has 1 aromatic carbocycles. The molecule has 2 aromatic heterocycles. The topological polar surface area (TPSA) is 50.7 Å². The van der Waals surface area contributed by atoms with E-state index in [9.17, 15) is 4.39 Å². The number of anilines is 2. The summed E-state index contributed by atoms with van der Waals surface area (Å²) in [6, 6.07) is 4.40. The van der Waals surface area contributed by atoms with Crippen LogP contribution in [0.3, 0.4) is 0 Å². The van der Waals surface area contributed by atoms with E-state index in [1.54, 1.807) is 11.6 Å². The molecule has 0 unspecified atom stereocenters. The Morgan fingerprint density at radius 3 is 2.95 bits per heavy atom. The van der Waals surface area contributed by atoms with E-state index in [0.29, 0.717) is 22.8 Å². The molecule has 19 heavy (non-hydrogen) atoms. The number of benzene rings is 1. The summed E-state index contributed by atoms with van der Waals surface area (Å²) < 4.78 is 13.1. The van der Waals surface area contributed by atoms with Crippen molar-refractivity contribution in [3.05, 3.63) is 40.4 Å². The molecule has 0 aliphatic heterocycles. The number of aryl methyl sites for hydroxylation is 1. The Hall–Kier alpha value is -1.79. The number of hydrogen-bond donors (Lipinski definition) is 1. The zero-order valence-electron chi connectivity index (χ0n) is 9.82. The van der Waals surface area contributed by atoms with Crippen LogP contribution in [-0.2, 0) is 0 Å². The molecule has 1 N–H and O–H groups in total. The van der Waals surface area contributed by atoms with E-state index in [2.05, 4.69) is 20.3 Å². The first-order chi connectivity index (χ1) is 9.13. The van der Waals surface area contributed by atoms with Gasteiger partial charge < -0.3 is 5.32 Å². The minimum Gasteiger partial charge on any atom is -0.338 e. The Labute approximate surface area is 117 Å². The van der Waals surface area contributed by atoms with Gasteiger partial charge in [-0.25, -0.2) is 19.3 Å². The van der Waals surface area contributed by atoms with Gasteiger partial charge in [-0.05, 0) is 25.1 Å². The Morgan fingerprint density at radius 1 is 1.32 bits per heavy atom. The molecule has 0 spiro atoms. The molecule has 0 bridgehead atoms. The first-order valence-corrected chi connectivity index (χ1v) is 6.69. The van der Waals surface area contributed by atoms with Gasteiger partial charge in [0, 0.05) is 5.69 Å². The van der Waals surface area contributed by atoms with Gasteiger partial charge in [-0.3, -0.25) is 0 Å². The maximum Gasteiger partial charge on any atom is 0.161 e. The van der Waals surface area contributed by atoms with Crippen LogP contribution in [-0.4, -0.2) is 15.0 Å². The fourth-order valence-corrected chi connectivity index (χ4v) is 2.55. The van der Waals surface area contributed by atoms with Gasteiger partial charge in [0.15, 0.2) is 5.82 Å². The standard InChI is InChI=1S/C12H8ClFN4S/c1-6-16-11(10-12(17-6)19-5-15-10)18-7-2-3-9(14)8(13)4-7/h2-5H,1H3,(H,16,17,18). The quantitative estimate of drug-likeness (QED) is 0.778. The molecule has 96 valence electrons. The van der Waals surface area contributed by atoms with E-state index >= 15 is 0 Å². The van der Waals surface area contributed by atoms with Crippen molar-refractivity contribution < 1.29 is 4.39 Å². The highest BCUT2D eigenvalue weighted by Crippen LogP contribution is 2.27. The third-order valence-electron chi connectivity index (χ3n) is 2.49. The van der Waals surface area contributed by atoms with Crippen LogP contribution in [0.4, 0.5) is 15.9 Å². The van der Waals surface area contributed by atoms with Crippen LogP contribution in [0.15, 0.2) is 23.7 Å². The molecule has 0 amide bonds. The first kappa shape index (κ1) is 12.3. The third-order valence-corrected chi connectivity index (χ3v) is 3.50. The summed E-state index contributed by atoms with van der Waals surface area (Å²) in [5.41, 5.74) is 3.05. The van der Waals surface area contributed by atoms with Crippen molar-refractivity contribution >= 4 is 44.8 Å².